The van der Waals surface area contributed by atoms with Crippen LogP contribution in [0.15, 0.2) is 66.7 Å². The second kappa shape index (κ2) is 8.58. The van der Waals surface area contributed by atoms with Crippen LogP contribution in [0.5, 0.6) is 0 Å². The average molecular weight is 350 g/mol. The van der Waals surface area contributed by atoms with Gasteiger partial charge >= 0.3 is 0 Å². The Morgan fingerprint density at radius 3 is 2.08 bits per heavy atom. The molecular formula is C21H23FN4. The Bertz CT molecular complexity index is 920. The van der Waals surface area contributed by atoms with E-state index in [4.69, 9.17) is 22.9 Å². The monoisotopic (exact) mass is 350 g/mol. The highest BCUT2D eigenvalue weighted by atomic mass is 19.1. The minimum atomic E-state index is -0.283. The van der Waals surface area contributed by atoms with Gasteiger partial charge in [0.25, 0.3) is 0 Å². The van der Waals surface area contributed by atoms with E-state index in [0.717, 1.165) is 28.1 Å². The summed E-state index contributed by atoms with van der Waals surface area (Å²) in [6.07, 6.45) is 3.87. The first kappa shape index (κ1) is 18.9. The van der Waals surface area contributed by atoms with Crippen molar-refractivity contribution >= 4 is 28.8 Å². The predicted molar refractivity (Wildman–Crippen MR) is 111 cm³/mol. The van der Waals surface area contributed by atoms with Crippen molar-refractivity contribution in [2.24, 2.45) is 0 Å². The van der Waals surface area contributed by atoms with E-state index in [1.54, 1.807) is 36.4 Å². The van der Waals surface area contributed by atoms with Crippen molar-refractivity contribution in [2.45, 2.75) is 6.92 Å². The van der Waals surface area contributed by atoms with Gasteiger partial charge in [-0.3, -0.25) is 0 Å². The van der Waals surface area contributed by atoms with Crippen LogP contribution in [0, 0.1) is 5.82 Å². The first-order valence-corrected chi connectivity index (χ1v) is 8.09. The number of hydrogen-bond acceptors (Lipinski definition) is 4. The van der Waals surface area contributed by atoms with Crippen LogP contribution in [-0.4, -0.2) is 0 Å². The van der Waals surface area contributed by atoms with E-state index in [2.05, 4.69) is 0 Å². The lowest BCUT2D eigenvalue weighted by atomic mass is 10.0. The third-order valence-electron chi connectivity index (χ3n) is 3.67. The van der Waals surface area contributed by atoms with Crippen LogP contribution in [0.2, 0.25) is 0 Å². The van der Waals surface area contributed by atoms with Crippen molar-refractivity contribution in [3.8, 4) is 11.1 Å². The van der Waals surface area contributed by atoms with Crippen LogP contribution in [0.25, 0.3) is 17.2 Å². The number of nitrogens with two attached hydrogens (primary N) is 4. The molecule has 3 aromatic rings. The molecule has 0 amide bonds. The fourth-order valence-electron chi connectivity index (χ4n) is 2.40. The number of allylic oxidation sites excluding steroid dienone is 1. The molecule has 0 aliphatic carbocycles. The standard InChI is InChI=1S/C12H11FN2.C9H12N2/c13-9-3-1-2-8(6-9)11-7-10(14)4-5-12(11)15;1-2-3-7-6-8(10)4-5-9(7)11/h1-7H,14-15H2;2-6H,10-11H2,1H3. The molecule has 3 aromatic carbocycles. The van der Waals surface area contributed by atoms with Gasteiger partial charge in [-0.25, -0.2) is 4.39 Å². The SMILES string of the molecule is CC=Cc1cc(N)ccc1N.Nc1ccc(N)c(-c2cccc(F)c2)c1. The molecule has 0 spiro atoms. The molecular weight excluding hydrogens is 327 g/mol. The fourth-order valence-corrected chi connectivity index (χ4v) is 2.40. The number of halogens is 1. The molecule has 0 bridgehead atoms. The molecule has 0 atom stereocenters. The molecule has 0 aliphatic heterocycles. The van der Waals surface area contributed by atoms with E-state index < -0.39 is 0 Å². The maximum Gasteiger partial charge on any atom is 0.123 e. The topological polar surface area (TPSA) is 104 Å². The van der Waals surface area contributed by atoms with Gasteiger partial charge in [0.15, 0.2) is 0 Å². The number of anilines is 4. The molecule has 3 rings (SSSR count). The lowest BCUT2D eigenvalue weighted by Gasteiger charge is -2.06. The Kier molecular flexibility index (Phi) is 6.22. The summed E-state index contributed by atoms with van der Waals surface area (Å²) in [5.41, 5.74) is 27.9. The Morgan fingerprint density at radius 2 is 1.42 bits per heavy atom. The van der Waals surface area contributed by atoms with Crippen molar-refractivity contribution < 1.29 is 4.39 Å². The Labute approximate surface area is 152 Å². The number of benzene rings is 3. The molecule has 8 N–H and O–H groups in total. The molecule has 134 valence electrons. The average Bonchev–Trinajstić information content (AvgIpc) is 2.61. The highest BCUT2D eigenvalue weighted by Crippen LogP contribution is 2.28. The lowest BCUT2D eigenvalue weighted by molar-refractivity contribution is 0.628. The van der Waals surface area contributed by atoms with Crippen LogP contribution in [0.3, 0.4) is 0 Å². The Balaban J connectivity index is 0.000000197. The summed E-state index contributed by atoms with van der Waals surface area (Å²) in [5.74, 6) is -0.283. The summed E-state index contributed by atoms with van der Waals surface area (Å²) < 4.78 is 13.0. The molecule has 5 heteroatoms. The Morgan fingerprint density at radius 1 is 0.769 bits per heavy atom. The van der Waals surface area contributed by atoms with Gasteiger partial charge in [-0.05, 0) is 66.6 Å². The van der Waals surface area contributed by atoms with Gasteiger partial charge in [-0.1, -0.05) is 24.3 Å². The Hall–Kier alpha value is -3.47. The number of hydrogen-bond donors (Lipinski definition) is 4. The smallest absolute Gasteiger partial charge is 0.123 e. The van der Waals surface area contributed by atoms with Crippen LogP contribution in [0.4, 0.5) is 27.1 Å². The van der Waals surface area contributed by atoms with Gasteiger partial charge < -0.3 is 22.9 Å². The van der Waals surface area contributed by atoms with Crippen LogP contribution >= 0.6 is 0 Å². The largest absolute Gasteiger partial charge is 0.399 e. The molecule has 0 saturated heterocycles. The summed E-state index contributed by atoms with van der Waals surface area (Å²) >= 11 is 0. The summed E-state index contributed by atoms with van der Waals surface area (Å²) in [7, 11) is 0. The lowest BCUT2D eigenvalue weighted by Crippen LogP contribution is -1.93. The van der Waals surface area contributed by atoms with Crippen molar-refractivity contribution in [3.05, 3.63) is 78.1 Å². The third-order valence-corrected chi connectivity index (χ3v) is 3.67. The summed E-state index contributed by atoms with van der Waals surface area (Å²) in [6, 6.07) is 16.9. The fraction of sp³-hybridized carbons (Fsp3) is 0.0476. The first-order valence-electron chi connectivity index (χ1n) is 8.09. The molecule has 4 nitrogen and oxygen atoms in total. The zero-order valence-corrected chi connectivity index (χ0v) is 14.6. The van der Waals surface area contributed by atoms with E-state index in [9.17, 15) is 4.39 Å². The van der Waals surface area contributed by atoms with Gasteiger partial charge in [0, 0.05) is 28.3 Å². The molecule has 0 fully saturated rings. The molecule has 26 heavy (non-hydrogen) atoms. The second-order valence-corrected chi connectivity index (χ2v) is 5.75. The van der Waals surface area contributed by atoms with Gasteiger partial charge in [-0.15, -0.1) is 0 Å². The van der Waals surface area contributed by atoms with Crippen LogP contribution < -0.4 is 22.9 Å². The van der Waals surface area contributed by atoms with E-state index in [1.807, 2.05) is 31.2 Å². The minimum Gasteiger partial charge on any atom is -0.399 e. The maximum absolute atomic E-state index is 13.0. The predicted octanol–water partition coefficient (Wildman–Crippen LogP) is 4.54. The van der Waals surface area contributed by atoms with Crippen molar-refractivity contribution in [3.63, 3.8) is 0 Å². The number of nitrogen functional groups attached to an aromatic ring is 4. The van der Waals surface area contributed by atoms with Crippen molar-refractivity contribution in [1.29, 1.82) is 0 Å². The quantitative estimate of drug-likeness (QED) is 0.509. The molecule has 0 unspecified atom stereocenters. The highest BCUT2D eigenvalue weighted by molar-refractivity contribution is 5.79. The molecule has 0 saturated carbocycles. The zero-order valence-electron chi connectivity index (χ0n) is 14.6. The molecule has 0 aromatic heterocycles. The highest BCUT2D eigenvalue weighted by Gasteiger charge is 2.03. The van der Waals surface area contributed by atoms with Gasteiger partial charge in [0.2, 0.25) is 0 Å². The normalized spacial score (nSPS) is 10.4. The maximum atomic E-state index is 13.0. The molecule has 0 aliphatic rings. The van der Waals surface area contributed by atoms with Crippen molar-refractivity contribution in [2.75, 3.05) is 22.9 Å². The molecule has 0 heterocycles. The van der Waals surface area contributed by atoms with Gasteiger partial charge in [-0.2, -0.15) is 0 Å². The zero-order chi connectivity index (χ0) is 19.1. The van der Waals surface area contributed by atoms with E-state index in [-0.39, 0.29) is 5.82 Å². The van der Waals surface area contributed by atoms with Crippen LogP contribution in [0.1, 0.15) is 12.5 Å². The third kappa shape index (κ3) is 5.01. The van der Waals surface area contributed by atoms with E-state index in [0.29, 0.717) is 11.4 Å². The van der Waals surface area contributed by atoms with Crippen LogP contribution in [-0.2, 0) is 0 Å². The summed E-state index contributed by atoms with van der Waals surface area (Å²) in [5, 5.41) is 0. The number of rotatable bonds is 2. The van der Waals surface area contributed by atoms with E-state index >= 15 is 0 Å². The van der Waals surface area contributed by atoms with E-state index in [1.165, 1.54) is 12.1 Å². The second-order valence-electron chi connectivity index (χ2n) is 5.75. The van der Waals surface area contributed by atoms with Gasteiger partial charge in [0.1, 0.15) is 5.82 Å². The summed E-state index contributed by atoms with van der Waals surface area (Å²) in [6.45, 7) is 1.95. The van der Waals surface area contributed by atoms with Crippen molar-refractivity contribution in [1.82, 2.24) is 0 Å². The summed E-state index contributed by atoms with van der Waals surface area (Å²) in [4.78, 5) is 0. The minimum absolute atomic E-state index is 0.283. The first-order chi connectivity index (χ1) is 12.4. The van der Waals surface area contributed by atoms with Gasteiger partial charge in [0.05, 0.1) is 0 Å². The molecule has 0 radical (unpaired) electrons.